The molecule has 3 heterocycles. The number of carbonyl (C=O) groups is 2. The van der Waals surface area contributed by atoms with Gasteiger partial charge in [-0.1, -0.05) is 18.2 Å². The van der Waals surface area contributed by atoms with Gasteiger partial charge in [-0.15, -0.1) is 0 Å². The molecule has 0 saturated carbocycles. The Labute approximate surface area is 191 Å². The molecule has 2 aromatic carbocycles. The highest BCUT2D eigenvalue weighted by atomic mass is 16.5. The summed E-state index contributed by atoms with van der Waals surface area (Å²) in [6.45, 7) is 1.39. The summed E-state index contributed by atoms with van der Waals surface area (Å²) in [5.74, 6) is 0.675. The van der Waals surface area contributed by atoms with Crippen molar-refractivity contribution in [3.8, 4) is 16.9 Å². The number of methoxy groups -OCH3 is 2. The van der Waals surface area contributed by atoms with Crippen molar-refractivity contribution in [2.75, 3.05) is 44.1 Å². The second kappa shape index (κ2) is 8.16. The summed E-state index contributed by atoms with van der Waals surface area (Å²) in [5.41, 5.74) is 3.19. The second-order valence-corrected chi connectivity index (χ2v) is 8.46. The van der Waals surface area contributed by atoms with Crippen LogP contribution in [0.1, 0.15) is 0 Å². The summed E-state index contributed by atoms with van der Waals surface area (Å²) in [4.78, 5) is 29.1. The van der Waals surface area contributed by atoms with Gasteiger partial charge in [-0.25, -0.2) is 4.79 Å². The van der Waals surface area contributed by atoms with E-state index in [1.807, 2.05) is 54.7 Å². The van der Waals surface area contributed by atoms with Crippen LogP contribution in [0.2, 0.25) is 0 Å². The lowest BCUT2D eigenvalue weighted by molar-refractivity contribution is -0.119. The van der Waals surface area contributed by atoms with Gasteiger partial charge in [0.25, 0.3) is 0 Å². The maximum Gasteiger partial charge on any atom is 0.409 e. The molecule has 33 heavy (non-hydrogen) atoms. The van der Waals surface area contributed by atoms with Crippen molar-refractivity contribution in [2.45, 2.75) is 6.04 Å². The number of nitrogens with zero attached hydrogens (tertiary/aromatic N) is 3. The van der Waals surface area contributed by atoms with E-state index < -0.39 is 11.5 Å². The van der Waals surface area contributed by atoms with Gasteiger partial charge >= 0.3 is 6.09 Å². The van der Waals surface area contributed by atoms with Gasteiger partial charge in [0.1, 0.15) is 11.8 Å². The SMILES string of the molecule is COC(=O)N1CC2(C1)CN(c1ccc(-c3cn[nH]c3)cc1)C(=O)C2Nc1cccc(OC)c1. The van der Waals surface area contributed by atoms with Crippen molar-refractivity contribution < 1.29 is 19.1 Å². The molecule has 0 aliphatic carbocycles. The molecule has 1 aromatic heterocycles. The van der Waals surface area contributed by atoms with Crippen LogP contribution in [0.25, 0.3) is 11.1 Å². The number of likely N-dealkylation sites (tertiary alicyclic amines) is 1. The van der Waals surface area contributed by atoms with Gasteiger partial charge in [0.2, 0.25) is 5.91 Å². The highest BCUT2D eigenvalue weighted by Crippen LogP contribution is 2.44. The molecule has 1 unspecified atom stereocenters. The molecule has 5 rings (SSSR count). The topological polar surface area (TPSA) is 99.8 Å². The number of anilines is 2. The maximum atomic E-state index is 13.6. The van der Waals surface area contributed by atoms with Crippen LogP contribution in [-0.2, 0) is 9.53 Å². The minimum Gasteiger partial charge on any atom is -0.497 e. The van der Waals surface area contributed by atoms with Crippen molar-refractivity contribution in [1.82, 2.24) is 15.1 Å². The molecule has 2 N–H and O–H groups in total. The lowest BCUT2D eigenvalue weighted by Crippen LogP contribution is -2.65. The molecule has 170 valence electrons. The molecule has 0 radical (unpaired) electrons. The maximum absolute atomic E-state index is 13.6. The molecule has 2 fully saturated rings. The fraction of sp³-hybridized carbons (Fsp3) is 0.292. The summed E-state index contributed by atoms with van der Waals surface area (Å²) in [6.07, 6.45) is 3.21. The largest absolute Gasteiger partial charge is 0.497 e. The first-order chi connectivity index (χ1) is 16.0. The normalized spacial score (nSPS) is 18.8. The molecule has 2 aliphatic rings. The van der Waals surface area contributed by atoms with E-state index in [0.717, 1.165) is 22.5 Å². The number of hydrogen-bond acceptors (Lipinski definition) is 6. The van der Waals surface area contributed by atoms with E-state index >= 15 is 0 Å². The fourth-order valence-electron chi connectivity index (χ4n) is 4.71. The zero-order valence-corrected chi connectivity index (χ0v) is 18.4. The number of amides is 2. The van der Waals surface area contributed by atoms with E-state index in [4.69, 9.17) is 9.47 Å². The highest BCUT2D eigenvalue weighted by Gasteiger charge is 2.60. The zero-order valence-electron chi connectivity index (χ0n) is 18.4. The van der Waals surface area contributed by atoms with Crippen LogP contribution >= 0.6 is 0 Å². The molecule has 2 aliphatic heterocycles. The average Bonchev–Trinajstić information content (AvgIpc) is 3.46. The van der Waals surface area contributed by atoms with E-state index in [1.165, 1.54) is 7.11 Å². The smallest absolute Gasteiger partial charge is 0.409 e. The Hall–Kier alpha value is -4.01. The molecular weight excluding hydrogens is 422 g/mol. The quantitative estimate of drug-likeness (QED) is 0.624. The number of ether oxygens (including phenoxy) is 2. The number of H-pyrrole nitrogens is 1. The molecule has 3 aromatic rings. The highest BCUT2D eigenvalue weighted by molar-refractivity contribution is 6.03. The third-order valence-electron chi connectivity index (χ3n) is 6.43. The van der Waals surface area contributed by atoms with E-state index in [0.29, 0.717) is 25.4 Å². The number of hydrogen-bond donors (Lipinski definition) is 2. The number of nitrogens with one attached hydrogen (secondary N) is 2. The Balaban J connectivity index is 1.42. The lowest BCUT2D eigenvalue weighted by atomic mass is 9.75. The van der Waals surface area contributed by atoms with Crippen molar-refractivity contribution in [3.05, 3.63) is 60.9 Å². The molecule has 2 amide bonds. The van der Waals surface area contributed by atoms with Crippen molar-refractivity contribution >= 4 is 23.4 Å². The number of carbonyl (C=O) groups excluding carboxylic acids is 2. The van der Waals surface area contributed by atoms with Gasteiger partial charge in [-0.05, 0) is 29.8 Å². The lowest BCUT2D eigenvalue weighted by Gasteiger charge is -2.49. The summed E-state index contributed by atoms with van der Waals surface area (Å²) < 4.78 is 10.2. The second-order valence-electron chi connectivity index (χ2n) is 8.46. The number of rotatable bonds is 5. The number of aromatic amines is 1. The molecule has 2 saturated heterocycles. The first-order valence-corrected chi connectivity index (χ1v) is 10.7. The Morgan fingerprint density at radius 2 is 1.91 bits per heavy atom. The van der Waals surface area contributed by atoms with Crippen LogP contribution in [-0.4, -0.2) is 67.0 Å². The Kier molecular flexibility index (Phi) is 5.16. The van der Waals surface area contributed by atoms with E-state index in [2.05, 4.69) is 15.5 Å². The van der Waals surface area contributed by atoms with Gasteiger partial charge in [0.05, 0.1) is 25.8 Å². The Morgan fingerprint density at radius 1 is 1.12 bits per heavy atom. The third-order valence-corrected chi connectivity index (χ3v) is 6.43. The predicted octanol–water partition coefficient (Wildman–Crippen LogP) is 2.98. The van der Waals surface area contributed by atoms with Gasteiger partial charge < -0.3 is 24.6 Å². The van der Waals surface area contributed by atoms with Gasteiger partial charge in [0.15, 0.2) is 0 Å². The first kappa shape index (κ1) is 20.9. The summed E-state index contributed by atoms with van der Waals surface area (Å²) in [7, 11) is 2.98. The number of aromatic nitrogens is 2. The van der Waals surface area contributed by atoms with Gasteiger partial charge in [-0.2, -0.15) is 5.10 Å². The van der Waals surface area contributed by atoms with Crippen molar-refractivity contribution in [2.24, 2.45) is 5.41 Å². The van der Waals surface area contributed by atoms with E-state index in [-0.39, 0.29) is 12.0 Å². The molecule has 9 heteroatoms. The minimum atomic E-state index is -0.487. The standard InChI is InChI=1S/C24H25N5O4/c1-32-20-5-3-4-18(10-20)27-21-22(30)29(15-24(21)13-28(14-24)23(31)33-2)19-8-6-16(7-9-19)17-11-25-26-12-17/h3-12,21,27H,13-15H2,1-2H3,(H,25,26). The van der Waals surface area contributed by atoms with Crippen LogP contribution < -0.4 is 15.0 Å². The zero-order chi connectivity index (χ0) is 23.0. The van der Waals surface area contributed by atoms with Crippen molar-refractivity contribution in [3.63, 3.8) is 0 Å². The minimum absolute atomic E-state index is 0.0293. The third kappa shape index (κ3) is 3.65. The molecule has 9 nitrogen and oxygen atoms in total. The number of benzene rings is 2. The van der Waals surface area contributed by atoms with E-state index in [1.54, 1.807) is 23.1 Å². The summed E-state index contributed by atoms with van der Waals surface area (Å²) in [5, 5.41) is 10.2. The van der Waals surface area contributed by atoms with E-state index in [9.17, 15) is 9.59 Å². The van der Waals surface area contributed by atoms with Crippen LogP contribution in [0.15, 0.2) is 60.9 Å². The van der Waals surface area contributed by atoms with Gasteiger partial charge in [-0.3, -0.25) is 9.89 Å². The molecule has 1 spiro atoms. The van der Waals surface area contributed by atoms with Crippen LogP contribution in [0, 0.1) is 5.41 Å². The summed E-state index contributed by atoms with van der Waals surface area (Å²) in [6, 6.07) is 14.8. The molecular formula is C24H25N5O4. The van der Waals surface area contributed by atoms with Crippen LogP contribution in [0.3, 0.4) is 0 Å². The van der Waals surface area contributed by atoms with Crippen molar-refractivity contribution in [1.29, 1.82) is 0 Å². The first-order valence-electron chi connectivity index (χ1n) is 10.7. The predicted molar refractivity (Wildman–Crippen MR) is 123 cm³/mol. The Bertz CT molecular complexity index is 1160. The fourth-order valence-corrected chi connectivity index (χ4v) is 4.71. The van der Waals surface area contributed by atoms with Crippen LogP contribution in [0.4, 0.5) is 16.2 Å². The molecule has 0 bridgehead atoms. The van der Waals surface area contributed by atoms with Crippen LogP contribution in [0.5, 0.6) is 5.75 Å². The summed E-state index contributed by atoms with van der Waals surface area (Å²) >= 11 is 0. The average molecular weight is 447 g/mol. The Morgan fingerprint density at radius 3 is 2.58 bits per heavy atom. The molecule has 1 atom stereocenters. The monoisotopic (exact) mass is 447 g/mol. The van der Waals surface area contributed by atoms with Gasteiger partial charge in [0, 0.05) is 48.8 Å².